The summed E-state index contributed by atoms with van der Waals surface area (Å²) in [7, 11) is 0. The van der Waals surface area contributed by atoms with Crippen LogP contribution in [-0.2, 0) is 6.54 Å². The van der Waals surface area contributed by atoms with E-state index in [1.54, 1.807) is 6.33 Å². The second kappa shape index (κ2) is 8.83. The van der Waals surface area contributed by atoms with Crippen molar-refractivity contribution in [1.29, 1.82) is 0 Å². The Hall–Kier alpha value is -3.69. The Balaban J connectivity index is 1.25. The maximum absolute atomic E-state index is 12.9. The van der Waals surface area contributed by atoms with Gasteiger partial charge in [0, 0.05) is 32.2 Å². The maximum atomic E-state index is 12.9. The number of piperidine rings is 1. The van der Waals surface area contributed by atoms with Gasteiger partial charge in [0.15, 0.2) is 17.0 Å². The Morgan fingerprint density at radius 1 is 1.14 bits per heavy atom. The molecule has 10 nitrogen and oxygen atoms in total. The number of fused-ring (bicyclic) bond motifs is 2. The van der Waals surface area contributed by atoms with Crippen molar-refractivity contribution < 1.29 is 4.79 Å². The molecule has 1 aliphatic carbocycles. The Morgan fingerprint density at radius 3 is 2.69 bits per heavy atom. The Kier molecular flexibility index (Phi) is 5.50. The molecule has 1 saturated carbocycles. The molecule has 1 saturated heterocycles. The highest BCUT2D eigenvalue weighted by Crippen LogP contribution is 2.30. The van der Waals surface area contributed by atoms with Crippen molar-refractivity contribution in [3.05, 3.63) is 46.9 Å². The number of hydrogen-bond donors (Lipinski definition) is 2. The van der Waals surface area contributed by atoms with Crippen LogP contribution in [0, 0.1) is 5.92 Å². The number of hydrogen-bond acceptors (Lipinski definition) is 6. The summed E-state index contributed by atoms with van der Waals surface area (Å²) in [4.78, 5) is 44.5. The summed E-state index contributed by atoms with van der Waals surface area (Å²) in [5.41, 5.74) is 3.09. The van der Waals surface area contributed by atoms with Crippen LogP contribution in [0.5, 0.6) is 0 Å². The summed E-state index contributed by atoms with van der Waals surface area (Å²) in [6.07, 6.45) is 6.80. The molecule has 1 amide bonds. The Morgan fingerprint density at radius 2 is 1.94 bits per heavy atom. The van der Waals surface area contributed by atoms with Gasteiger partial charge in [-0.05, 0) is 50.7 Å². The van der Waals surface area contributed by atoms with Gasteiger partial charge < -0.3 is 19.8 Å². The summed E-state index contributed by atoms with van der Waals surface area (Å²) in [5, 5.41) is 3.06. The number of aromatic nitrogens is 6. The van der Waals surface area contributed by atoms with E-state index in [1.807, 2.05) is 40.3 Å². The van der Waals surface area contributed by atoms with Gasteiger partial charge in [-0.2, -0.15) is 0 Å². The van der Waals surface area contributed by atoms with E-state index < -0.39 is 0 Å². The third kappa shape index (κ3) is 3.77. The van der Waals surface area contributed by atoms with Gasteiger partial charge >= 0.3 is 5.69 Å². The molecular formula is C25H30N8O2. The van der Waals surface area contributed by atoms with Crippen LogP contribution in [-0.4, -0.2) is 54.6 Å². The predicted molar refractivity (Wildman–Crippen MR) is 134 cm³/mol. The third-order valence-electron chi connectivity index (χ3n) is 7.56. The lowest BCUT2D eigenvalue weighted by Crippen LogP contribution is -2.37. The van der Waals surface area contributed by atoms with Crippen molar-refractivity contribution >= 4 is 33.9 Å². The molecule has 2 N–H and O–H groups in total. The fourth-order valence-corrected chi connectivity index (χ4v) is 5.41. The number of aryl methyl sites for hydroxylation is 1. The van der Waals surface area contributed by atoms with Crippen molar-refractivity contribution in [2.24, 2.45) is 5.92 Å². The highest BCUT2D eigenvalue weighted by molar-refractivity contribution is 5.96. The average molecular weight is 475 g/mol. The highest BCUT2D eigenvalue weighted by atomic mass is 16.2. The number of benzene rings is 1. The zero-order valence-electron chi connectivity index (χ0n) is 19.9. The number of amides is 1. The lowest BCUT2D eigenvalue weighted by molar-refractivity contribution is 0.0925. The first-order valence-corrected chi connectivity index (χ1v) is 12.6. The molecule has 182 valence electrons. The van der Waals surface area contributed by atoms with Crippen molar-refractivity contribution in [3.63, 3.8) is 0 Å². The third-order valence-corrected chi connectivity index (χ3v) is 7.56. The predicted octanol–water partition coefficient (Wildman–Crippen LogP) is 2.86. The first kappa shape index (κ1) is 21.8. The molecule has 3 aromatic heterocycles. The molecule has 6 rings (SSSR count). The lowest BCUT2D eigenvalue weighted by atomic mass is 9.85. The zero-order valence-corrected chi connectivity index (χ0v) is 19.9. The zero-order chi connectivity index (χ0) is 23.9. The van der Waals surface area contributed by atoms with E-state index in [0.29, 0.717) is 36.0 Å². The molecule has 1 aromatic carbocycles. The van der Waals surface area contributed by atoms with Gasteiger partial charge in [-0.25, -0.2) is 19.7 Å². The molecular weight excluding hydrogens is 444 g/mol. The normalized spacial score (nSPS) is 17.2. The van der Waals surface area contributed by atoms with E-state index >= 15 is 0 Å². The molecule has 35 heavy (non-hydrogen) atoms. The van der Waals surface area contributed by atoms with Crippen LogP contribution in [0.4, 0.5) is 5.82 Å². The number of para-hydroxylation sites is 2. The van der Waals surface area contributed by atoms with E-state index in [0.717, 1.165) is 42.8 Å². The van der Waals surface area contributed by atoms with E-state index in [2.05, 4.69) is 25.2 Å². The van der Waals surface area contributed by atoms with E-state index in [1.165, 1.54) is 19.3 Å². The second-order valence-electron chi connectivity index (χ2n) is 9.59. The molecule has 0 radical (unpaired) electrons. The van der Waals surface area contributed by atoms with Crippen LogP contribution in [0.25, 0.3) is 22.2 Å². The minimum atomic E-state index is -0.153. The summed E-state index contributed by atoms with van der Waals surface area (Å²) in [6.45, 7) is 4.78. The summed E-state index contributed by atoms with van der Waals surface area (Å²) >= 11 is 0. The van der Waals surface area contributed by atoms with Gasteiger partial charge in [0.2, 0.25) is 5.82 Å². The van der Waals surface area contributed by atoms with Gasteiger partial charge in [-0.3, -0.25) is 9.36 Å². The minimum Gasteiger partial charge on any atom is -0.355 e. The molecule has 0 spiro atoms. The molecule has 4 heterocycles. The number of anilines is 1. The number of imidazole rings is 2. The molecule has 0 bridgehead atoms. The number of aromatic amines is 1. The fraction of sp³-hybridized carbons (Fsp3) is 0.480. The van der Waals surface area contributed by atoms with Crippen molar-refractivity contribution in [3.8, 4) is 0 Å². The second-order valence-corrected chi connectivity index (χ2v) is 9.59. The molecule has 1 aliphatic heterocycles. The molecule has 2 fully saturated rings. The number of rotatable bonds is 6. The van der Waals surface area contributed by atoms with Gasteiger partial charge in [-0.1, -0.05) is 18.6 Å². The van der Waals surface area contributed by atoms with Gasteiger partial charge in [0.05, 0.1) is 11.0 Å². The van der Waals surface area contributed by atoms with Crippen molar-refractivity contribution in [2.45, 2.75) is 51.6 Å². The lowest BCUT2D eigenvalue weighted by Gasteiger charge is -2.33. The summed E-state index contributed by atoms with van der Waals surface area (Å²) < 4.78 is 3.76. The highest BCUT2D eigenvalue weighted by Gasteiger charge is 2.28. The fourth-order valence-electron chi connectivity index (χ4n) is 5.41. The van der Waals surface area contributed by atoms with Crippen LogP contribution in [0.1, 0.15) is 55.7 Å². The largest absolute Gasteiger partial charge is 0.355 e. The first-order valence-electron chi connectivity index (χ1n) is 12.6. The molecule has 10 heteroatoms. The van der Waals surface area contributed by atoms with Crippen LogP contribution in [0.15, 0.2) is 35.4 Å². The first-order chi connectivity index (χ1) is 17.1. The minimum absolute atomic E-state index is 0.0617. The molecule has 0 atom stereocenters. The number of carbonyl (C=O) groups excluding carboxylic acids is 1. The molecule has 0 unspecified atom stereocenters. The number of carbonyl (C=O) groups is 1. The number of nitrogens with one attached hydrogen (secondary N) is 2. The van der Waals surface area contributed by atoms with Crippen molar-refractivity contribution in [2.75, 3.05) is 24.5 Å². The van der Waals surface area contributed by atoms with E-state index in [4.69, 9.17) is 4.98 Å². The van der Waals surface area contributed by atoms with Crippen LogP contribution < -0.4 is 15.9 Å². The van der Waals surface area contributed by atoms with E-state index in [9.17, 15) is 9.59 Å². The SMILES string of the molecule is CCn1c(C(=O)NCC2CCC2)nc2c(N3CCC(n4c(=O)[nH]c5ccccc54)CC3)ncnc21. The van der Waals surface area contributed by atoms with Crippen LogP contribution >= 0.6 is 0 Å². The molecule has 2 aliphatic rings. The Bertz CT molecular complexity index is 1440. The van der Waals surface area contributed by atoms with Crippen molar-refractivity contribution in [1.82, 2.24) is 34.4 Å². The van der Waals surface area contributed by atoms with Gasteiger partial charge in [0.25, 0.3) is 5.91 Å². The number of nitrogens with zero attached hydrogens (tertiary/aromatic N) is 6. The van der Waals surface area contributed by atoms with Crippen LogP contribution in [0.2, 0.25) is 0 Å². The van der Waals surface area contributed by atoms with E-state index in [-0.39, 0.29) is 17.6 Å². The number of H-pyrrole nitrogens is 1. The van der Waals surface area contributed by atoms with Gasteiger partial charge in [0.1, 0.15) is 6.33 Å². The Labute approximate surface area is 202 Å². The quantitative estimate of drug-likeness (QED) is 0.444. The molecule has 4 aromatic rings. The average Bonchev–Trinajstić information content (AvgIpc) is 3.40. The van der Waals surface area contributed by atoms with Crippen LogP contribution in [0.3, 0.4) is 0 Å². The summed E-state index contributed by atoms with van der Waals surface area (Å²) in [6, 6.07) is 7.94. The maximum Gasteiger partial charge on any atom is 0.326 e. The smallest absolute Gasteiger partial charge is 0.326 e. The topological polar surface area (TPSA) is 114 Å². The standard InChI is InChI=1S/C25H30N8O2/c1-2-32-22-20(30-23(32)24(34)26-14-16-6-5-7-16)21(27-15-28-22)31-12-10-17(11-13-31)33-19-9-4-3-8-18(19)29-25(33)35/h3-4,8-9,15-17H,2,5-7,10-14H2,1H3,(H,26,34)(H,29,35). The monoisotopic (exact) mass is 474 g/mol. The summed E-state index contributed by atoms with van der Waals surface area (Å²) in [5.74, 6) is 1.57. The van der Waals surface area contributed by atoms with Gasteiger partial charge in [-0.15, -0.1) is 0 Å².